The van der Waals surface area contributed by atoms with E-state index in [4.69, 9.17) is 5.11 Å². The highest BCUT2D eigenvalue weighted by atomic mass is 16.4. The molecular formula is C10H15N3O2. The summed E-state index contributed by atoms with van der Waals surface area (Å²) >= 11 is 0. The molecule has 1 heterocycles. The number of carboxylic acids is 1. The number of anilines is 1. The van der Waals surface area contributed by atoms with E-state index < -0.39 is 5.97 Å². The van der Waals surface area contributed by atoms with Gasteiger partial charge in [0.05, 0.1) is 0 Å². The highest BCUT2D eigenvalue weighted by Gasteiger charge is 2.11. The molecule has 1 rings (SSSR count). The van der Waals surface area contributed by atoms with E-state index in [-0.39, 0.29) is 6.54 Å². The van der Waals surface area contributed by atoms with Gasteiger partial charge in [0.15, 0.2) is 0 Å². The molecule has 1 N–H and O–H groups in total. The smallest absolute Gasteiger partial charge is 0.323 e. The maximum Gasteiger partial charge on any atom is 0.323 e. The predicted molar refractivity (Wildman–Crippen MR) is 56.9 cm³/mol. The summed E-state index contributed by atoms with van der Waals surface area (Å²) in [7, 11) is 0. The Balaban J connectivity index is 2.78. The fourth-order valence-corrected chi connectivity index (χ4v) is 1.23. The van der Waals surface area contributed by atoms with Gasteiger partial charge in [-0.15, -0.1) is 0 Å². The van der Waals surface area contributed by atoms with E-state index >= 15 is 0 Å². The molecule has 5 heteroatoms. The van der Waals surface area contributed by atoms with E-state index in [0.29, 0.717) is 12.5 Å². The van der Waals surface area contributed by atoms with Gasteiger partial charge in [0, 0.05) is 18.9 Å². The summed E-state index contributed by atoms with van der Waals surface area (Å²) in [6.45, 7) is 4.47. The van der Waals surface area contributed by atoms with Crippen molar-refractivity contribution in [1.82, 2.24) is 9.97 Å². The van der Waals surface area contributed by atoms with Gasteiger partial charge in [-0.1, -0.05) is 6.92 Å². The SMILES string of the molecule is CCCN(CC(=O)O)c1ncc(C)cn1. The topological polar surface area (TPSA) is 66.3 Å². The molecule has 0 spiro atoms. The first-order valence-electron chi connectivity index (χ1n) is 4.89. The number of nitrogens with zero attached hydrogens (tertiary/aromatic N) is 3. The molecule has 15 heavy (non-hydrogen) atoms. The van der Waals surface area contributed by atoms with Crippen LogP contribution >= 0.6 is 0 Å². The number of aryl methyl sites for hydroxylation is 1. The Morgan fingerprint density at radius 2 is 2.07 bits per heavy atom. The standard InChI is InChI=1S/C10H15N3O2/c1-3-4-13(7-9(14)15)10-11-5-8(2)6-12-10/h5-6H,3-4,7H2,1-2H3,(H,14,15). The fraction of sp³-hybridized carbons (Fsp3) is 0.500. The van der Waals surface area contributed by atoms with E-state index in [0.717, 1.165) is 12.0 Å². The molecule has 0 fully saturated rings. The third-order valence-corrected chi connectivity index (χ3v) is 1.87. The maximum absolute atomic E-state index is 10.6. The summed E-state index contributed by atoms with van der Waals surface area (Å²) < 4.78 is 0. The van der Waals surface area contributed by atoms with E-state index in [1.807, 2.05) is 13.8 Å². The van der Waals surface area contributed by atoms with Crippen LogP contribution < -0.4 is 4.90 Å². The van der Waals surface area contributed by atoms with Crippen molar-refractivity contribution in [3.63, 3.8) is 0 Å². The number of aromatic nitrogens is 2. The molecule has 82 valence electrons. The lowest BCUT2D eigenvalue weighted by molar-refractivity contribution is -0.135. The first kappa shape index (κ1) is 11.4. The molecule has 0 aromatic carbocycles. The van der Waals surface area contributed by atoms with Crippen molar-refractivity contribution >= 4 is 11.9 Å². The maximum atomic E-state index is 10.6. The molecule has 0 saturated carbocycles. The van der Waals surface area contributed by atoms with Gasteiger partial charge in [-0.3, -0.25) is 4.79 Å². The average molecular weight is 209 g/mol. The highest BCUT2D eigenvalue weighted by Crippen LogP contribution is 2.06. The van der Waals surface area contributed by atoms with Gasteiger partial charge in [0.1, 0.15) is 6.54 Å². The third-order valence-electron chi connectivity index (χ3n) is 1.87. The molecule has 1 aromatic heterocycles. The van der Waals surface area contributed by atoms with E-state index in [1.54, 1.807) is 17.3 Å². The lowest BCUT2D eigenvalue weighted by Gasteiger charge is -2.19. The van der Waals surface area contributed by atoms with Gasteiger partial charge in [-0.25, -0.2) is 9.97 Å². The Labute approximate surface area is 88.8 Å². The lowest BCUT2D eigenvalue weighted by Crippen LogP contribution is -2.31. The second-order valence-electron chi connectivity index (χ2n) is 3.38. The van der Waals surface area contributed by atoms with Crippen molar-refractivity contribution in [1.29, 1.82) is 0 Å². The van der Waals surface area contributed by atoms with Gasteiger partial charge < -0.3 is 10.0 Å². The van der Waals surface area contributed by atoms with Crippen molar-refractivity contribution < 1.29 is 9.90 Å². The Kier molecular flexibility index (Phi) is 4.03. The van der Waals surface area contributed by atoms with Crippen LogP contribution in [0.4, 0.5) is 5.95 Å². The zero-order chi connectivity index (χ0) is 11.3. The number of carboxylic acid groups (broad SMARTS) is 1. The molecule has 0 radical (unpaired) electrons. The molecule has 0 aliphatic carbocycles. The summed E-state index contributed by atoms with van der Waals surface area (Å²) in [6, 6.07) is 0. The van der Waals surface area contributed by atoms with Crippen LogP contribution in [0.5, 0.6) is 0 Å². The number of carbonyl (C=O) groups is 1. The molecule has 0 aliphatic heterocycles. The van der Waals surface area contributed by atoms with Gasteiger partial charge in [0.25, 0.3) is 0 Å². The minimum atomic E-state index is -0.868. The minimum absolute atomic E-state index is 0.0586. The van der Waals surface area contributed by atoms with Crippen LogP contribution in [0.15, 0.2) is 12.4 Å². The third kappa shape index (κ3) is 3.53. The van der Waals surface area contributed by atoms with Crippen LogP contribution in [-0.4, -0.2) is 34.1 Å². The first-order valence-corrected chi connectivity index (χ1v) is 4.89. The number of aliphatic carboxylic acids is 1. The molecule has 0 amide bonds. The van der Waals surface area contributed by atoms with Crippen LogP contribution in [0.2, 0.25) is 0 Å². The van der Waals surface area contributed by atoms with Crippen molar-refractivity contribution in [3.05, 3.63) is 18.0 Å². The van der Waals surface area contributed by atoms with Gasteiger partial charge in [-0.05, 0) is 18.9 Å². The molecule has 0 bridgehead atoms. The Morgan fingerprint density at radius 3 is 2.53 bits per heavy atom. The van der Waals surface area contributed by atoms with E-state index in [9.17, 15) is 4.79 Å². The Hall–Kier alpha value is -1.65. The van der Waals surface area contributed by atoms with Crippen LogP contribution in [0, 0.1) is 6.92 Å². The Bertz CT molecular complexity index is 324. The fourth-order valence-electron chi connectivity index (χ4n) is 1.23. The molecular weight excluding hydrogens is 194 g/mol. The summed E-state index contributed by atoms with van der Waals surface area (Å²) in [5.74, 6) is -0.391. The summed E-state index contributed by atoms with van der Waals surface area (Å²) in [6.07, 6.45) is 4.24. The zero-order valence-corrected chi connectivity index (χ0v) is 8.97. The van der Waals surface area contributed by atoms with Crippen molar-refractivity contribution in [2.24, 2.45) is 0 Å². The summed E-state index contributed by atoms with van der Waals surface area (Å²) in [5.41, 5.74) is 0.963. The van der Waals surface area contributed by atoms with Crippen LogP contribution in [-0.2, 0) is 4.79 Å². The second-order valence-corrected chi connectivity index (χ2v) is 3.38. The van der Waals surface area contributed by atoms with E-state index in [1.165, 1.54) is 0 Å². The minimum Gasteiger partial charge on any atom is -0.480 e. The van der Waals surface area contributed by atoms with Gasteiger partial charge in [-0.2, -0.15) is 0 Å². The monoisotopic (exact) mass is 209 g/mol. The summed E-state index contributed by atoms with van der Waals surface area (Å²) in [5, 5.41) is 8.73. The molecule has 0 atom stereocenters. The second kappa shape index (κ2) is 5.29. The molecule has 0 aliphatic rings. The van der Waals surface area contributed by atoms with Gasteiger partial charge in [0.2, 0.25) is 5.95 Å². The normalized spacial score (nSPS) is 10.0. The van der Waals surface area contributed by atoms with Crippen LogP contribution in [0.3, 0.4) is 0 Å². The average Bonchev–Trinajstić information content (AvgIpc) is 2.17. The van der Waals surface area contributed by atoms with Crippen molar-refractivity contribution in [2.45, 2.75) is 20.3 Å². The first-order chi connectivity index (χ1) is 7.13. The molecule has 0 unspecified atom stereocenters. The quantitative estimate of drug-likeness (QED) is 0.786. The number of rotatable bonds is 5. The molecule has 0 saturated heterocycles. The Morgan fingerprint density at radius 1 is 1.47 bits per heavy atom. The van der Waals surface area contributed by atoms with Crippen LogP contribution in [0.1, 0.15) is 18.9 Å². The summed E-state index contributed by atoms with van der Waals surface area (Å²) in [4.78, 5) is 20.5. The largest absolute Gasteiger partial charge is 0.480 e. The predicted octanol–water partition coefficient (Wildman–Crippen LogP) is 1.09. The van der Waals surface area contributed by atoms with Crippen molar-refractivity contribution in [2.75, 3.05) is 18.0 Å². The molecule has 1 aromatic rings. The van der Waals surface area contributed by atoms with Gasteiger partial charge >= 0.3 is 5.97 Å². The van der Waals surface area contributed by atoms with Crippen molar-refractivity contribution in [3.8, 4) is 0 Å². The number of hydrogen-bond donors (Lipinski definition) is 1. The lowest BCUT2D eigenvalue weighted by atomic mass is 10.4. The molecule has 5 nitrogen and oxygen atoms in total. The highest BCUT2D eigenvalue weighted by molar-refractivity contribution is 5.72. The number of hydrogen-bond acceptors (Lipinski definition) is 4. The zero-order valence-electron chi connectivity index (χ0n) is 8.97. The van der Waals surface area contributed by atoms with E-state index in [2.05, 4.69) is 9.97 Å². The van der Waals surface area contributed by atoms with Crippen LogP contribution in [0.25, 0.3) is 0 Å².